The lowest BCUT2D eigenvalue weighted by Crippen LogP contribution is -2.12. The van der Waals surface area contributed by atoms with Crippen molar-refractivity contribution in [1.82, 2.24) is 0 Å². The molecule has 0 radical (unpaired) electrons. The van der Waals surface area contributed by atoms with Crippen LogP contribution < -0.4 is 0 Å². The van der Waals surface area contributed by atoms with Gasteiger partial charge in [0.1, 0.15) is 0 Å². The van der Waals surface area contributed by atoms with Gasteiger partial charge in [0.25, 0.3) is 0 Å². The second-order valence-electron chi connectivity index (χ2n) is 2.85. The van der Waals surface area contributed by atoms with E-state index in [9.17, 15) is 4.79 Å². The summed E-state index contributed by atoms with van der Waals surface area (Å²) in [6.07, 6.45) is 0.395. The second-order valence-corrected chi connectivity index (χ2v) is 4.63. The first kappa shape index (κ1) is 10.7. The van der Waals surface area contributed by atoms with Gasteiger partial charge in [-0.15, -0.1) is 0 Å². The molecule has 1 nitrogen and oxygen atoms in total. The van der Waals surface area contributed by atoms with E-state index < -0.39 is 0 Å². The van der Waals surface area contributed by atoms with E-state index in [4.69, 9.17) is 11.6 Å². The Balaban J connectivity index is 2.75. The number of hydrogen-bond acceptors (Lipinski definition) is 1. The number of hydrogen-bond donors (Lipinski definition) is 0. The number of alkyl halides is 1. The van der Waals surface area contributed by atoms with E-state index in [1.165, 1.54) is 0 Å². The summed E-state index contributed by atoms with van der Waals surface area (Å²) in [5, 5.41) is 0.656. The highest BCUT2D eigenvalue weighted by atomic mass is 79.9. The van der Waals surface area contributed by atoms with Crippen molar-refractivity contribution in [3.63, 3.8) is 0 Å². The molecule has 0 amide bonds. The standard InChI is InChI=1S/C10H10BrClO/c1-7(11)10(13)6-8-4-2-3-5-9(8)12/h2-5,7H,6H2,1H3. The van der Waals surface area contributed by atoms with E-state index in [-0.39, 0.29) is 10.6 Å². The fourth-order valence-corrected chi connectivity index (χ4v) is 1.33. The average Bonchev–Trinajstić information content (AvgIpc) is 2.08. The molecule has 1 rings (SSSR count). The van der Waals surface area contributed by atoms with Gasteiger partial charge in [-0.1, -0.05) is 45.7 Å². The molecule has 1 aromatic carbocycles. The van der Waals surface area contributed by atoms with Gasteiger partial charge in [-0.3, -0.25) is 4.79 Å². The van der Waals surface area contributed by atoms with Crippen LogP contribution in [-0.4, -0.2) is 10.6 Å². The van der Waals surface area contributed by atoms with Crippen LogP contribution >= 0.6 is 27.5 Å². The van der Waals surface area contributed by atoms with Gasteiger partial charge in [0.05, 0.1) is 4.83 Å². The molecule has 0 N–H and O–H groups in total. The minimum absolute atomic E-state index is 0.108. The van der Waals surface area contributed by atoms with Crippen molar-refractivity contribution >= 4 is 33.3 Å². The van der Waals surface area contributed by atoms with Gasteiger partial charge in [-0.05, 0) is 18.6 Å². The van der Waals surface area contributed by atoms with Crippen molar-refractivity contribution in [3.05, 3.63) is 34.9 Å². The number of benzene rings is 1. The van der Waals surface area contributed by atoms with Crippen LogP contribution in [0.1, 0.15) is 12.5 Å². The molecule has 0 aliphatic rings. The van der Waals surface area contributed by atoms with E-state index in [0.29, 0.717) is 11.4 Å². The molecule has 0 saturated carbocycles. The summed E-state index contributed by atoms with van der Waals surface area (Å²) in [4.78, 5) is 11.3. The van der Waals surface area contributed by atoms with Gasteiger partial charge in [0.2, 0.25) is 0 Å². The summed E-state index contributed by atoms with van der Waals surface area (Å²) in [6, 6.07) is 7.40. The Hall–Kier alpha value is -0.340. The Morgan fingerprint density at radius 2 is 2.15 bits per heavy atom. The third-order valence-electron chi connectivity index (χ3n) is 1.77. The number of rotatable bonds is 3. The molecule has 0 fully saturated rings. The Morgan fingerprint density at radius 3 is 2.69 bits per heavy atom. The largest absolute Gasteiger partial charge is 0.298 e. The zero-order valence-corrected chi connectivity index (χ0v) is 9.60. The highest BCUT2D eigenvalue weighted by Gasteiger charge is 2.10. The maximum absolute atomic E-state index is 11.4. The second kappa shape index (κ2) is 4.77. The smallest absolute Gasteiger partial charge is 0.150 e. The van der Waals surface area contributed by atoms with Crippen molar-refractivity contribution in [2.45, 2.75) is 18.2 Å². The zero-order valence-electron chi connectivity index (χ0n) is 7.26. The highest BCUT2D eigenvalue weighted by molar-refractivity contribution is 9.10. The Kier molecular flexibility index (Phi) is 3.94. The Bertz CT molecular complexity index is 310. The van der Waals surface area contributed by atoms with Gasteiger partial charge in [0, 0.05) is 11.4 Å². The van der Waals surface area contributed by atoms with Gasteiger partial charge in [0.15, 0.2) is 5.78 Å². The molecule has 70 valence electrons. The summed E-state index contributed by atoms with van der Waals surface area (Å²) >= 11 is 9.13. The topological polar surface area (TPSA) is 17.1 Å². The van der Waals surface area contributed by atoms with Gasteiger partial charge >= 0.3 is 0 Å². The zero-order chi connectivity index (χ0) is 9.84. The molecule has 13 heavy (non-hydrogen) atoms. The van der Waals surface area contributed by atoms with Crippen LogP contribution in [0, 0.1) is 0 Å². The molecule has 0 aromatic heterocycles. The number of ketones is 1. The van der Waals surface area contributed by atoms with Crippen LogP contribution in [0.3, 0.4) is 0 Å². The molecule has 0 aliphatic heterocycles. The third kappa shape index (κ3) is 3.12. The van der Waals surface area contributed by atoms with Crippen molar-refractivity contribution < 1.29 is 4.79 Å². The lowest BCUT2D eigenvalue weighted by atomic mass is 10.1. The first-order chi connectivity index (χ1) is 6.11. The molecule has 0 saturated heterocycles. The molecule has 0 bridgehead atoms. The Labute approximate surface area is 91.2 Å². The maximum atomic E-state index is 11.4. The Morgan fingerprint density at radius 1 is 1.54 bits per heavy atom. The number of halogens is 2. The average molecular weight is 262 g/mol. The van der Waals surface area contributed by atoms with Crippen LogP contribution in [0.25, 0.3) is 0 Å². The summed E-state index contributed by atoms with van der Waals surface area (Å²) < 4.78 is 0. The predicted octanol–water partition coefficient (Wildman–Crippen LogP) is 3.24. The first-order valence-electron chi connectivity index (χ1n) is 4.01. The van der Waals surface area contributed by atoms with Gasteiger partial charge in [-0.2, -0.15) is 0 Å². The van der Waals surface area contributed by atoms with E-state index in [1.807, 2.05) is 25.1 Å². The maximum Gasteiger partial charge on any atom is 0.150 e. The predicted molar refractivity (Wildman–Crippen MR) is 58.6 cm³/mol. The van der Waals surface area contributed by atoms with E-state index >= 15 is 0 Å². The summed E-state index contributed by atoms with van der Waals surface area (Å²) in [7, 11) is 0. The van der Waals surface area contributed by atoms with Crippen LogP contribution in [0.5, 0.6) is 0 Å². The normalized spacial score (nSPS) is 12.5. The third-order valence-corrected chi connectivity index (χ3v) is 2.65. The molecule has 0 aliphatic carbocycles. The fraction of sp³-hybridized carbons (Fsp3) is 0.300. The fourth-order valence-electron chi connectivity index (χ4n) is 0.970. The molecule has 1 atom stereocenters. The molecular formula is C10H10BrClO. The minimum Gasteiger partial charge on any atom is -0.298 e. The quantitative estimate of drug-likeness (QED) is 0.764. The van der Waals surface area contributed by atoms with Crippen LogP contribution in [0.2, 0.25) is 5.02 Å². The van der Waals surface area contributed by atoms with Crippen molar-refractivity contribution in [2.24, 2.45) is 0 Å². The summed E-state index contributed by atoms with van der Waals surface area (Å²) in [5.41, 5.74) is 0.889. The SMILES string of the molecule is CC(Br)C(=O)Cc1ccccc1Cl. The molecule has 1 unspecified atom stereocenters. The first-order valence-corrected chi connectivity index (χ1v) is 5.31. The van der Waals surface area contributed by atoms with Crippen molar-refractivity contribution in [1.29, 1.82) is 0 Å². The molecule has 0 spiro atoms. The molecule has 1 aromatic rings. The van der Waals surface area contributed by atoms with Crippen LogP contribution in [-0.2, 0) is 11.2 Å². The summed E-state index contributed by atoms with van der Waals surface area (Å²) in [6.45, 7) is 1.82. The number of carbonyl (C=O) groups excluding carboxylic acids is 1. The van der Waals surface area contributed by atoms with Crippen molar-refractivity contribution in [2.75, 3.05) is 0 Å². The highest BCUT2D eigenvalue weighted by Crippen LogP contribution is 2.17. The van der Waals surface area contributed by atoms with E-state index in [1.54, 1.807) is 6.07 Å². The number of carbonyl (C=O) groups is 1. The minimum atomic E-state index is -0.108. The van der Waals surface area contributed by atoms with Crippen LogP contribution in [0.4, 0.5) is 0 Å². The number of Topliss-reactive ketones (excluding diaryl/α,β-unsaturated/α-hetero) is 1. The van der Waals surface area contributed by atoms with Crippen molar-refractivity contribution in [3.8, 4) is 0 Å². The van der Waals surface area contributed by atoms with Gasteiger partial charge in [-0.25, -0.2) is 0 Å². The molecule has 0 heterocycles. The van der Waals surface area contributed by atoms with Crippen LogP contribution in [0.15, 0.2) is 24.3 Å². The van der Waals surface area contributed by atoms with E-state index in [0.717, 1.165) is 5.56 Å². The lowest BCUT2D eigenvalue weighted by Gasteiger charge is -2.04. The lowest BCUT2D eigenvalue weighted by molar-refractivity contribution is -0.117. The summed E-state index contributed by atoms with van der Waals surface area (Å²) in [5.74, 6) is 0.146. The van der Waals surface area contributed by atoms with E-state index in [2.05, 4.69) is 15.9 Å². The monoisotopic (exact) mass is 260 g/mol. The molecular weight excluding hydrogens is 251 g/mol. The molecule has 3 heteroatoms. The van der Waals surface area contributed by atoms with Gasteiger partial charge < -0.3 is 0 Å².